The number of hydrazone groups is 1. The van der Waals surface area contributed by atoms with Crippen LogP contribution in [0.4, 0.5) is 0 Å². The van der Waals surface area contributed by atoms with Gasteiger partial charge in [-0.25, -0.2) is 5.43 Å². The fraction of sp³-hybridized carbons (Fsp3) is 0.136. The molecule has 3 rings (SSSR count). The van der Waals surface area contributed by atoms with Crippen LogP contribution in [0.15, 0.2) is 82.8 Å². The van der Waals surface area contributed by atoms with Crippen LogP contribution in [-0.4, -0.2) is 16.7 Å². The molecule has 3 aromatic rings. The molecular weight excluding hydrogens is 354 g/mol. The van der Waals surface area contributed by atoms with E-state index >= 15 is 0 Å². The third kappa shape index (κ3) is 4.94. The monoisotopic (exact) mass is 375 g/mol. The van der Waals surface area contributed by atoms with E-state index in [9.17, 15) is 9.59 Å². The minimum absolute atomic E-state index is 0.0613. The SMILES string of the molecule is CCn1cccc(C(=O)N/N=C\c2ccc(OCc3ccccc3)cc2)c1=O. The van der Waals surface area contributed by atoms with Gasteiger partial charge in [0.05, 0.1) is 6.21 Å². The van der Waals surface area contributed by atoms with Crippen LogP contribution < -0.4 is 15.7 Å². The van der Waals surface area contributed by atoms with Crippen molar-refractivity contribution in [3.05, 3.63) is 100.0 Å². The lowest BCUT2D eigenvalue weighted by molar-refractivity contribution is 0.0953. The molecule has 0 unspecified atom stereocenters. The van der Waals surface area contributed by atoms with Crippen molar-refractivity contribution >= 4 is 12.1 Å². The Labute approximate surface area is 163 Å². The van der Waals surface area contributed by atoms with E-state index in [0.717, 1.165) is 16.9 Å². The van der Waals surface area contributed by atoms with Crippen molar-refractivity contribution < 1.29 is 9.53 Å². The van der Waals surface area contributed by atoms with E-state index in [-0.39, 0.29) is 11.1 Å². The Morgan fingerprint density at radius 1 is 1.07 bits per heavy atom. The maximum Gasteiger partial charge on any atom is 0.276 e. The summed E-state index contributed by atoms with van der Waals surface area (Å²) in [6, 6.07) is 20.4. The van der Waals surface area contributed by atoms with E-state index in [1.165, 1.54) is 16.8 Å². The van der Waals surface area contributed by atoms with Crippen molar-refractivity contribution in [2.24, 2.45) is 5.10 Å². The van der Waals surface area contributed by atoms with E-state index in [1.807, 2.05) is 61.5 Å². The largest absolute Gasteiger partial charge is 0.489 e. The quantitative estimate of drug-likeness (QED) is 0.509. The zero-order valence-electron chi connectivity index (χ0n) is 15.5. The Kier molecular flexibility index (Phi) is 6.36. The topological polar surface area (TPSA) is 72.7 Å². The van der Waals surface area contributed by atoms with Gasteiger partial charge in [-0.2, -0.15) is 5.10 Å². The first kappa shape index (κ1) is 19.1. The van der Waals surface area contributed by atoms with E-state index < -0.39 is 5.91 Å². The molecule has 0 atom stereocenters. The zero-order valence-corrected chi connectivity index (χ0v) is 15.5. The number of benzene rings is 2. The van der Waals surface area contributed by atoms with E-state index in [0.29, 0.717) is 13.2 Å². The predicted octanol–water partition coefficient (Wildman–Crippen LogP) is 3.21. The molecule has 1 N–H and O–H groups in total. The summed E-state index contributed by atoms with van der Waals surface area (Å²) in [5.41, 5.74) is 4.01. The Balaban J connectivity index is 1.56. The van der Waals surface area contributed by atoms with Gasteiger partial charge in [-0.15, -0.1) is 0 Å². The highest BCUT2D eigenvalue weighted by atomic mass is 16.5. The highest BCUT2D eigenvalue weighted by Gasteiger charge is 2.10. The van der Waals surface area contributed by atoms with Crippen molar-refractivity contribution in [2.45, 2.75) is 20.1 Å². The minimum Gasteiger partial charge on any atom is -0.489 e. The van der Waals surface area contributed by atoms with Gasteiger partial charge >= 0.3 is 0 Å². The second kappa shape index (κ2) is 9.32. The third-order valence-corrected chi connectivity index (χ3v) is 4.11. The number of nitrogens with zero attached hydrogens (tertiary/aromatic N) is 2. The number of aryl methyl sites for hydroxylation is 1. The molecule has 1 amide bonds. The number of pyridine rings is 1. The number of rotatable bonds is 7. The second-order valence-corrected chi connectivity index (χ2v) is 6.06. The van der Waals surface area contributed by atoms with Crippen LogP contribution in [-0.2, 0) is 13.2 Å². The van der Waals surface area contributed by atoms with Gasteiger partial charge in [0.25, 0.3) is 11.5 Å². The molecule has 0 radical (unpaired) electrons. The van der Waals surface area contributed by atoms with Gasteiger partial charge in [-0.1, -0.05) is 30.3 Å². The molecule has 6 heteroatoms. The van der Waals surface area contributed by atoms with Crippen LogP contribution in [0.5, 0.6) is 5.75 Å². The Morgan fingerprint density at radius 3 is 2.54 bits per heavy atom. The zero-order chi connectivity index (χ0) is 19.8. The summed E-state index contributed by atoms with van der Waals surface area (Å²) in [4.78, 5) is 24.3. The molecular formula is C22H21N3O3. The summed E-state index contributed by atoms with van der Waals surface area (Å²) < 4.78 is 7.20. The highest BCUT2D eigenvalue weighted by molar-refractivity contribution is 5.94. The van der Waals surface area contributed by atoms with Gasteiger partial charge in [0.2, 0.25) is 0 Å². The van der Waals surface area contributed by atoms with Gasteiger partial charge in [0.15, 0.2) is 0 Å². The number of hydrogen-bond acceptors (Lipinski definition) is 4. The van der Waals surface area contributed by atoms with Gasteiger partial charge < -0.3 is 9.30 Å². The maximum atomic E-state index is 12.1. The lowest BCUT2D eigenvalue weighted by Gasteiger charge is -2.06. The standard InChI is InChI=1S/C22H21N3O3/c1-2-25-14-6-9-20(22(25)27)21(26)24-23-15-17-10-12-19(13-11-17)28-16-18-7-4-3-5-8-18/h3-15H,2,16H2,1H3,(H,24,26)/b23-15-. The summed E-state index contributed by atoms with van der Waals surface area (Å²) in [5.74, 6) is 0.210. The molecule has 0 fully saturated rings. The molecule has 2 aromatic carbocycles. The Morgan fingerprint density at radius 2 is 1.82 bits per heavy atom. The van der Waals surface area contributed by atoms with Crippen molar-refractivity contribution in [3.8, 4) is 5.75 Å². The second-order valence-electron chi connectivity index (χ2n) is 6.06. The average Bonchev–Trinajstić information content (AvgIpc) is 2.74. The van der Waals surface area contributed by atoms with Crippen LogP contribution in [0.25, 0.3) is 0 Å². The first-order valence-corrected chi connectivity index (χ1v) is 8.97. The molecule has 1 aromatic heterocycles. The molecule has 0 spiro atoms. The van der Waals surface area contributed by atoms with Crippen molar-refractivity contribution in [2.75, 3.05) is 0 Å². The average molecular weight is 375 g/mol. The van der Waals surface area contributed by atoms with Crippen LogP contribution in [0.2, 0.25) is 0 Å². The van der Waals surface area contributed by atoms with Crippen LogP contribution in [0.1, 0.15) is 28.4 Å². The summed E-state index contributed by atoms with van der Waals surface area (Å²) in [6.07, 6.45) is 3.16. The fourth-order valence-electron chi connectivity index (χ4n) is 2.58. The fourth-order valence-corrected chi connectivity index (χ4v) is 2.58. The molecule has 0 saturated heterocycles. The third-order valence-electron chi connectivity index (χ3n) is 4.11. The van der Waals surface area contributed by atoms with Crippen molar-refractivity contribution in [3.63, 3.8) is 0 Å². The Bertz CT molecular complexity index is 1010. The smallest absolute Gasteiger partial charge is 0.276 e. The summed E-state index contributed by atoms with van der Waals surface area (Å²) >= 11 is 0. The molecule has 0 saturated carbocycles. The molecule has 0 aliphatic carbocycles. The van der Waals surface area contributed by atoms with Crippen LogP contribution in [0, 0.1) is 0 Å². The molecule has 6 nitrogen and oxygen atoms in total. The first-order chi connectivity index (χ1) is 13.7. The molecule has 0 aliphatic heterocycles. The summed E-state index contributed by atoms with van der Waals surface area (Å²) in [7, 11) is 0. The van der Waals surface area contributed by atoms with E-state index in [1.54, 1.807) is 12.3 Å². The van der Waals surface area contributed by atoms with Crippen LogP contribution >= 0.6 is 0 Å². The van der Waals surface area contributed by atoms with E-state index in [4.69, 9.17) is 4.74 Å². The lowest BCUT2D eigenvalue weighted by Crippen LogP contribution is -2.30. The molecule has 0 bridgehead atoms. The first-order valence-electron chi connectivity index (χ1n) is 8.97. The van der Waals surface area contributed by atoms with Gasteiger partial charge in [-0.3, -0.25) is 9.59 Å². The molecule has 28 heavy (non-hydrogen) atoms. The van der Waals surface area contributed by atoms with Gasteiger partial charge in [0, 0.05) is 12.7 Å². The molecule has 142 valence electrons. The van der Waals surface area contributed by atoms with Crippen LogP contribution in [0.3, 0.4) is 0 Å². The summed E-state index contributed by atoms with van der Waals surface area (Å²) in [6.45, 7) is 2.84. The number of amides is 1. The number of carbonyl (C=O) groups is 1. The number of hydrogen-bond donors (Lipinski definition) is 1. The molecule has 1 heterocycles. The van der Waals surface area contributed by atoms with Gasteiger partial charge in [-0.05, 0) is 54.4 Å². The summed E-state index contributed by atoms with van der Waals surface area (Å²) in [5, 5.41) is 3.92. The van der Waals surface area contributed by atoms with Crippen molar-refractivity contribution in [1.82, 2.24) is 9.99 Å². The predicted molar refractivity (Wildman–Crippen MR) is 109 cm³/mol. The normalized spacial score (nSPS) is 10.8. The number of nitrogens with one attached hydrogen (secondary N) is 1. The number of aromatic nitrogens is 1. The number of carbonyl (C=O) groups excluding carboxylic acids is 1. The van der Waals surface area contributed by atoms with E-state index in [2.05, 4.69) is 10.5 Å². The van der Waals surface area contributed by atoms with Gasteiger partial charge in [0.1, 0.15) is 17.9 Å². The number of ether oxygens (including phenoxy) is 1. The minimum atomic E-state index is -0.535. The maximum absolute atomic E-state index is 12.1. The molecule has 0 aliphatic rings. The van der Waals surface area contributed by atoms with Crippen molar-refractivity contribution in [1.29, 1.82) is 0 Å². The Hall–Kier alpha value is -3.67. The highest BCUT2D eigenvalue weighted by Crippen LogP contribution is 2.13. The lowest BCUT2D eigenvalue weighted by atomic mass is 10.2.